The van der Waals surface area contributed by atoms with Crippen molar-refractivity contribution in [3.8, 4) is 0 Å². The van der Waals surface area contributed by atoms with Gasteiger partial charge in [0.15, 0.2) is 5.82 Å². The van der Waals surface area contributed by atoms with E-state index >= 15 is 0 Å². The maximum absolute atomic E-state index is 5.54. The number of nitrogens with zero attached hydrogens (tertiary/aromatic N) is 3. The maximum Gasteiger partial charge on any atom is 0.160 e. The number of rotatable bonds is 0. The van der Waals surface area contributed by atoms with Crippen LogP contribution in [0.15, 0.2) is 11.4 Å². The SMILES string of the molecule is Nc1ncnc2c1C=C=NN2. The lowest BCUT2D eigenvalue weighted by molar-refractivity contribution is 1.13. The summed E-state index contributed by atoms with van der Waals surface area (Å²) in [5, 5.41) is 3.66. The summed E-state index contributed by atoms with van der Waals surface area (Å²) in [6.45, 7) is 0. The topological polar surface area (TPSA) is 76.2 Å². The number of nitrogens with one attached hydrogen (secondary N) is 1. The molecule has 2 heterocycles. The molecule has 0 saturated heterocycles. The molecule has 0 spiro atoms. The predicted octanol–water partition coefficient (Wildman–Crippen LogP) is 0.0822. The summed E-state index contributed by atoms with van der Waals surface area (Å²) in [5.41, 5.74) is 8.93. The van der Waals surface area contributed by atoms with Gasteiger partial charge in [-0.3, -0.25) is 5.43 Å². The molecule has 0 bridgehead atoms. The van der Waals surface area contributed by atoms with E-state index in [1.54, 1.807) is 6.08 Å². The summed E-state index contributed by atoms with van der Waals surface area (Å²) < 4.78 is 0. The van der Waals surface area contributed by atoms with E-state index in [1.165, 1.54) is 6.33 Å². The zero-order valence-electron chi connectivity index (χ0n) is 5.57. The van der Waals surface area contributed by atoms with Gasteiger partial charge >= 0.3 is 0 Å². The number of hydrazone groups is 1. The lowest BCUT2D eigenvalue weighted by Crippen LogP contribution is -2.03. The third kappa shape index (κ3) is 0.835. The lowest BCUT2D eigenvalue weighted by atomic mass is 10.2. The summed E-state index contributed by atoms with van der Waals surface area (Å²) in [5.74, 6) is 3.67. The third-order valence-corrected chi connectivity index (χ3v) is 1.35. The summed E-state index contributed by atoms with van der Waals surface area (Å²) in [6, 6.07) is 0. The molecule has 0 amide bonds. The summed E-state index contributed by atoms with van der Waals surface area (Å²) in [6.07, 6.45) is 3.02. The van der Waals surface area contributed by atoms with Gasteiger partial charge < -0.3 is 5.73 Å². The zero-order chi connectivity index (χ0) is 7.68. The van der Waals surface area contributed by atoms with Gasteiger partial charge in [0.05, 0.1) is 5.56 Å². The Bertz CT molecular complexity index is 350. The highest BCUT2D eigenvalue weighted by atomic mass is 15.3. The Balaban J connectivity index is 2.69. The van der Waals surface area contributed by atoms with E-state index in [-0.39, 0.29) is 0 Å². The highest BCUT2D eigenvalue weighted by Crippen LogP contribution is 2.18. The van der Waals surface area contributed by atoms with Crippen LogP contribution >= 0.6 is 0 Å². The van der Waals surface area contributed by atoms with Gasteiger partial charge in [-0.1, -0.05) is 0 Å². The molecule has 54 valence electrons. The predicted molar refractivity (Wildman–Crippen MR) is 42.0 cm³/mol. The van der Waals surface area contributed by atoms with Crippen molar-refractivity contribution in [2.24, 2.45) is 5.10 Å². The van der Waals surface area contributed by atoms with E-state index in [4.69, 9.17) is 5.73 Å². The normalized spacial score (nSPS) is 12.4. The van der Waals surface area contributed by atoms with Crippen LogP contribution in [0.5, 0.6) is 0 Å². The fourth-order valence-electron chi connectivity index (χ4n) is 0.823. The number of hydrogen-bond acceptors (Lipinski definition) is 5. The number of hydrogen-bond donors (Lipinski definition) is 2. The van der Waals surface area contributed by atoms with Crippen LogP contribution in [0.3, 0.4) is 0 Å². The van der Waals surface area contributed by atoms with Crippen LogP contribution in [0.25, 0.3) is 6.08 Å². The molecule has 1 aliphatic heterocycles. The fraction of sp³-hybridized carbons (Fsp3) is 0. The molecule has 1 aromatic heterocycles. The van der Waals surface area contributed by atoms with E-state index in [0.717, 1.165) is 5.56 Å². The molecular weight excluding hydrogens is 142 g/mol. The average molecular weight is 147 g/mol. The Morgan fingerprint density at radius 2 is 2.36 bits per heavy atom. The second-order valence-electron chi connectivity index (χ2n) is 2.02. The number of nitrogens with two attached hydrogens (primary N) is 1. The molecule has 0 unspecified atom stereocenters. The van der Waals surface area contributed by atoms with Crippen molar-refractivity contribution in [2.75, 3.05) is 11.2 Å². The largest absolute Gasteiger partial charge is 0.383 e. The van der Waals surface area contributed by atoms with Gasteiger partial charge in [-0.2, -0.15) is 0 Å². The van der Waals surface area contributed by atoms with Crippen LogP contribution < -0.4 is 11.2 Å². The van der Waals surface area contributed by atoms with Crippen molar-refractivity contribution in [3.05, 3.63) is 11.9 Å². The maximum atomic E-state index is 5.54. The van der Waals surface area contributed by atoms with E-state index in [2.05, 4.69) is 26.4 Å². The molecule has 1 aliphatic rings. The highest BCUT2D eigenvalue weighted by molar-refractivity contribution is 5.88. The van der Waals surface area contributed by atoms with Crippen LogP contribution in [-0.4, -0.2) is 15.8 Å². The summed E-state index contributed by atoms with van der Waals surface area (Å²) in [4.78, 5) is 7.72. The molecular formula is C6H5N5. The first-order valence-electron chi connectivity index (χ1n) is 3.03. The van der Waals surface area contributed by atoms with E-state index in [0.29, 0.717) is 11.6 Å². The van der Waals surface area contributed by atoms with Crippen LogP contribution in [-0.2, 0) is 0 Å². The Hall–Kier alpha value is -1.87. The number of nitrogen functional groups attached to an aromatic ring is 1. The lowest BCUT2D eigenvalue weighted by Gasteiger charge is -2.05. The van der Waals surface area contributed by atoms with Crippen LogP contribution in [0, 0.1) is 0 Å². The fourth-order valence-corrected chi connectivity index (χ4v) is 0.823. The zero-order valence-corrected chi connectivity index (χ0v) is 5.57. The first-order chi connectivity index (χ1) is 5.38. The second-order valence-corrected chi connectivity index (χ2v) is 2.02. The minimum atomic E-state index is 0.435. The molecule has 1 aromatic rings. The Morgan fingerprint density at radius 1 is 1.45 bits per heavy atom. The summed E-state index contributed by atoms with van der Waals surface area (Å²) in [7, 11) is 0. The van der Waals surface area contributed by atoms with Gasteiger partial charge in [-0.05, 0) is 0 Å². The highest BCUT2D eigenvalue weighted by Gasteiger charge is 2.06. The minimum absolute atomic E-state index is 0.435. The van der Waals surface area contributed by atoms with E-state index in [9.17, 15) is 0 Å². The molecule has 0 aliphatic carbocycles. The van der Waals surface area contributed by atoms with Gasteiger partial charge in [0.1, 0.15) is 12.1 Å². The molecule has 11 heavy (non-hydrogen) atoms. The second kappa shape index (κ2) is 2.07. The molecule has 0 radical (unpaired) electrons. The van der Waals surface area contributed by atoms with Gasteiger partial charge in [-0.25, -0.2) is 9.97 Å². The van der Waals surface area contributed by atoms with E-state index < -0.39 is 0 Å². The van der Waals surface area contributed by atoms with Crippen molar-refractivity contribution >= 4 is 23.6 Å². The molecule has 0 saturated carbocycles. The summed E-state index contributed by atoms with van der Waals surface area (Å²) >= 11 is 0. The standard InChI is InChI=1S/C6H5N5/c7-5-4-1-2-10-11-6(4)9-3-8-5/h1,3H,(H3,7,8,9,11). The monoisotopic (exact) mass is 147 g/mol. The van der Waals surface area contributed by atoms with Crippen molar-refractivity contribution in [2.45, 2.75) is 0 Å². The number of fused-ring (bicyclic) bond motifs is 1. The molecule has 0 fully saturated rings. The Morgan fingerprint density at radius 3 is 3.18 bits per heavy atom. The van der Waals surface area contributed by atoms with Crippen molar-refractivity contribution in [3.63, 3.8) is 0 Å². The van der Waals surface area contributed by atoms with Crippen molar-refractivity contribution in [1.82, 2.24) is 9.97 Å². The van der Waals surface area contributed by atoms with E-state index in [1.807, 2.05) is 0 Å². The molecule has 5 heteroatoms. The molecule has 0 atom stereocenters. The molecule has 2 rings (SSSR count). The van der Waals surface area contributed by atoms with Crippen molar-refractivity contribution in [1.29, 1.82) is 0 Å². The van der Waals surface area contributed by atoms with Gasteiger partial charge in [0.2, 0.25) is 0 Å². The van der Waals surface area contributed by atoms with Gasteiger partial charge in [0, 0.05) is 11.9 Å². The molecule has 3 N–H and O–H groups in total. The molecule has 5 nitrogen and oxygen atoms in total. The molecule has 0 aromatic carbocycles. The van der Waals surface area contributed by atoms with Gasteiger partial charge in [-0.15, -0.1) is 5.10 Å². The third-order valence-electron chi connectivity index (χ3n) is 1.35. The smallest absolute Gasteiger partial charge is 0.160 e. The minimum Gasteiger partial charge on any atom is -0.383 e. The average Bonchev–Trinajstić information content (AvgIpc) is 2.06. The number of aromatic nitrogens is 2. The Labute approximate surface area is 62.7 Å². The van der Waals surface area contributed by atoms with Crippen molar-refractivity contribution < 1.29 is 0 Å². The van der Waals surface area contributed by atoms with Crippen LogP contribution in [0.1, 0.15) is 5.56 Å². The number of anilines is 2. The van der Waals surface area contributed by atoms with Crippen LogP contribution in [0.2, 0.25) is 0 Å². The first kappa shape index (κ1) is 5.88. The van der Waals surface area contributed by atoms with Gasteiger partial charge in [0.25, 0.3) is 0 Å². The Kier molecular flexibility index (Phi) is 1.11. The first-order valence-corrected chi connectivity index (χ1v) is 3.03. The quantitative estimate of drug-likeness (QED) is 0.545. The van der Waals surface area contributed by atoms with Crippen LogP contribution in [0.4, 0.5) is 11.6 Å².